The number of benzene rings is 1. The molecule has 1 N–H and O–H groups in total. The van der Waals surface area contributed by atoms with E-state index in [9.17, 15) is 9.59 Å². The summed E-state index contributed by atoms with van der Waals surface area (Å²) in [5.41, 5.74) is 1.89. The number of amides is 1. The van der Waals surface area contributed by atoms with Crippen LogP contribution in [0.25, 0.3) is 0 Å². The molecule has 0 heterocycles. The molecule has 0 bridgehead atoms. The molecule has 0 fully saturated rings. The predicted octanol–water partition coefficient (Wildman–Crippen LogP) is 6.00. The lowest BCUT2D eigenvalue weighted by Crippen LogP contribution is -2.33. The summed E-state index contributed by atoms with van der Waals surface area (Å²) < 4.78 is 15.9. The Morgan fingerprint density at radius 1 is 0.758 bits per heavy atom. The number of unbranched alkanes of at least 4 members (excludes halogenated alkanes) is 4. The van der Waals surface area contributed by atoms with Crippen molar-refractivity contribution in [1.29, 1.82) is 0 Å². The van der Waals surface area contributed by atoms with Crippen LogP contribution in [0, 0.1) is 0 Å². The lowest BCUT2D eigenvalue weighted by Gasteiger charge is -2.19. The van der Waals surface area contributed by atoms with E-state index in [0.717, 1.165) is 51.4 Å². The molecule has 0 aliphatic rings. The van der Waals surface area contributed by atoms with Crippen LogP contribution in [0.5, 0.6) is 0 Å². The molecule has 1 aromatic carbocycles. The summed E-state index contributed by atoms with van der Waals surface area (Å²) in [5, 5.41) is 2.82. The standard InChI is InChI=1S/C27H45NO5/c1-26(2,3)32-24(29)21-31-20-14-8-7-9-15-22-16-10-11-17-23(22)18-12-13-19-28-25(30)33-27(4,5)6/h10-11,16-17H,7-9,12-15,18-21H2,1-6H3,(H,28,30). The van der Waals surface area contributed by atoms with Crippen LogP contribution in [-0.2, 0) is 31.8 Å². The van der Waals surface area contributed by atoms with Crippen molar-refractivity contribution in [2.45, 2.75) is 104 Å². The van der Waals surface area contributed by atoms with Crippen LogP contribution in [0.2, 0.25) is 0 Å². The summed E-state index contributed by atoms with van der Waals surface area (Å²) in [4.78, 5) is 23.3. The van der Waals surface area contributed by atoms with Crippen LogP contribution in [0.4, 0.5) is 4.79 Å². The van der Waals surface area contributed by atoms with Crippen molar-refractivity contribution in [3.8, 4) is 0 Å². The maximum absolute atomic E-state index is 11.7. The van der Waals surface area contributed by atoms with Crippen molar-refractivity contribution in [2.24, 2.45) is 0 Å². The van der Waals surface area contributed by atoms with Gasteiger partial charge >= 0.3 is 12.1 Å². The van der Waals surface area contributed by atoms with E-state index in [-0.39, 0.29) is 18.7 Å². The highest BCUT2D eigenvalue weighted by Gasteiger charge is 2.16. The minimum absolute atomic E-state index is 0.0257. The monoisotopic (exact) mass is 463 g/mol. The van der Waals surface area contributed by atoms with Crippen molar-refractivity contribution in [3.63, 3.8) is 0 Å². The van der Waals surface area contributed by atoms with Gasteiger partial charge in [-0.05, 0) is 91.2 Å². The second-order valence-electron chi connectivity index (χ2n) is 10.5. The SMILES string of the molecule is CC(C)(C)OC(=O)COCCCCCCc1ccccc1CCCCNC(=O)OC(C)(C)C. The largest absolute Gasteiger partial charge is 0.458 e. The molecule has 0 aromatic heterocycles. The van der Waals surface area contributed by atoms with Gasteiger partial charge < -0.3 is 19.5 Å². The van der Waals surface area contributed by atoms with E-state index in [4.69, 9.17) is 14.2 Å². The fourth-order valence-corrected chi connectivity index (χ4v) is 3.39. The maximum Gasteiger partial charge on any atom is 0.407 e. The first kappa shape index (κ1) is 29.0. The molecule has 1 aromatic rings. The number of nitrogens with one attached hydrogen (secondary N) is 1. The molecule has 33 heavy (non-hydrogen) atoms. The number of alkyl carbamates (subject to hydrolysis) is 1. The number of carbonyl (C=O) groups excluding carboxylic acids is 2. The van der Waals surface area contributed by atoms with E-state index < -0.39 is 11.2 Å². The van der Waals surface area contributed by atoms with E-state index in [0.29, 0.717) is 13.2 Å². The third-order valence-electron chi connectivity index (χ3n) is 4.78. The number of aryl methyl sites for hydroxylation is 2. The fraction of sp³-hybridized carbons (Fsp3) is 0.704. The minimum Gasteiger partial charge on any atom is -0.458 e. The van der Waals surface area contributed by atoms with E-state index in [1.165, 1.54) is 11.1 Å². The molecule has 1 amide bonds. The number of ether oxygens (including phenoxy) is 3. The summed E-state index contributed by atoms with van der Waals surface area (Å²) in [6.45, 7) is 12.4. The Balaban J connectivity index is 2.15. The highest BCUT2D eigenvalue weighted by Crippen LogP contribution is 2.16. The molecule has 188 valence electrons. The summed E-state index contributed by atoms with van der Waals surface area (Å²) in [5.74, 6) is -0.306. The number of carbonyl (C=O) groups is 2. The van der Waals surface area contributed by atoms with Crippen LogP contribution in [-0.4, -0.2) is 43.0 Å². The normalized spacial score (nSPS) is 11.8. The number of hydrogen-bond acceptors (Lipinski definition) is 5. The van der Waals surface area contributed by atoms with Crippen molar-refractivity contribution < 1.29 is 23.8 Å². The van der Waals surface area contributed by atoms with Gasteiger partial charge in [-0.1, -0.05) is 37.1 Å². The first-order valence-electron chi connectivity index (χ1n) is 12.3. The van der Waals surface area contributed by atoms with E-state index in [2.05, 4.69) is 29.6 Å². The van der Waals surface area contributed by atoms with Crippen LogP contribution in [0.3, 0.4) is 0 Å². The van der Waals surface area contributed by atoms with Crippen LogP contribution >= 0.6 is 0 Å². The Kier molecular flexibility index (Phi) is 13.1. The van der Waals surface area contributed by atoms with Crippen LogP contribution < -0.4 is 5.32 Å². The number of rotatable bonds is 14. The molecule has 0 aliphatic carbocycles. The Morgan fingerprint density at radius 2 is 1.30 bits per heavy atom. The second kappa shape index (κ2) is 14.9. The van der Waals surface area contributed by atoms with E-state index >= 15 is 0 Å². The molecule has 0 radical (unpaired) electrons. The molecule has 0 aliphatic heterocycles. The maximum atomic E-state index is 11.7. The van der Waals surface area contributed by atoms with Crippen molar-refractivity contribution in [2.75, 3.05) is 19.8 Å². The lowest BCUT2D eigenvalue weighted by atomic mass is 9.97. The topological polar surface area (TPSA) is 73.9 Å². The average molecular weight is 464 g/mol. The smallest absolute Gasteiger partial charge is 0.407 e. The van der Waals surface area contributed by atoms with Gasteiger partial charge in [0.1, 0.15) is 17.8 Å². The van der Waals surface area contributed by atoms with E-state index in [1.807, 2.05) is 41.5 Å². The van der Waals surface area contributed by atoms with Gasteiger partial charge in [-0.15, -0.1) is 0 Å². The van der Waals surface area contributed by atoms with Gasteiger partial charge in [0.05, 0.1) is 0 Å². The summed E-state index contributed by atoms with van der Waals surface area (Å²) >= 11 is 0. The van der Waals surface area contributed by atoms with Gasteiger partial charge in [0, 0.05) is 13.2 Å². The van der Waals surface area contributed by atoms with Gasteiger partial charge in [0.2, 0.25) is 0 Å². The quantitative estimate of drug-likeness (QED) is 0.271. The predicted molar refractivity (Wildman–Crippen MR) is 132 cm³/mol. The second-order valence-corrected chi connectivity index (χ2v) is 10.5. The molecular weight excluding hydrogens is 418 g/mol. The average Bonchev–Trinajstić information content (AvgIpc) is 2.68. The van der Waals surface area contributed by atoms with Gasteiger partial charge in [-0.3, -0.25) is 0 Å². The molecule has 0 atom stereocenters. The first-order valence-corrected chi connectivity index (χ1v) is 12.3. The van der Waals surface area contributed by atoms with Gasteiger partial charge in [0.25, 0.3) is 0 Å². The minimum atomic E-state index is -0.465. The fourth-order valence-electron chi connectivity index (χ4n) is 3.39. The zero-order valence-corrected chi connectivity index (χ0v) is 21.6. The zero-order chi connectivity index (χ0) is 24.7. The number of esters is 1. The van der Waals surface area contributed by atoms with E-state index in [1.54, 1.807) is 0 Å². The molecule has 0 unspecified atom stereocenters. The molecular formula is C27H45NO5. The molecule has 0 spiro atoms. The Labute approximate surface area is 200 Å². The van der Waals surface area contributed by atoms with Crippen LogP contribution in [0.1, 0.15) is 91.2 Å². The van der Waals surface area contributed by atoms with Crippen molar-refractivity contribution >= 4 is 12.1 Å². The number of hydrogen-bond donors (Lipinski definition) is 1. The zero-order valence-electron chi connectivity index (χ0n) is 21.6. The summed E-state index contributed by atoms with van der Waals surface area (Å²) in [6.07, 6.45) is 8.03. The third-order valence-corrected chi connectivity index (χ3v) is 4.78. The molecule has 1 rings (SSSR count). The lowest BCUT2D eigenvalue weighted by molar-refractivity contribution is -0.160. The summed E-state index contributed by atoms with van der Waals surface area (Å²) in [7, 11) is 0. The highest BCUT2D eigenvalue weighted by molar-refractivity contribution is 5.71. The van der Waals surface area contributed by atoms with Crippen LogP contribution in [0.15, 0.2) is 24.3 Å². The summed E-state index contributed by atoms with van der Waals surface area (Å²) in [6, 6.07) is 8.63. The van der Waals surface area contributed by atoms with Gasteiger partial charge in [0.15, 0.2) is 0 Å². The third kappa shape index (κ3) is 16.2. The van der Waals surface area contributed by atoms with Crippen molar-refractivity contribution in [3.05, 3.63) is 35.4 Å². The molecule has 0 saturated carbocycles. The van der Waals surface area contributed by atoms with Gasteiger partial charge in [-0.25, -0.2) is 9.59 Å². The van der Waals surface area contributed by atoms with Gasteiger partial charge in [-0.2, -0.15) is 0 Å². The Hall–Kier alpha value is -2.08. The molecule has 0 saturated heterocycles. The first-order chi connectivity index (χ1) is 15.5. The Morgan fingerprint density at radius 3 is 1.88 bits per heavy atom. The highest BCUT2D eigenvalue weighted by atomic mass is 16.6. The van der Waals surface area contributed by atoms with Crippen molar-refractivity contribution in [1.82, 2.24) is 5.32 Å². The molecule has 6 nitrogen and oxygen atoms in total. The molecule has 6 heteroatoms. The Bertz CT molecular complexity index is 703.